The van der Waals surface area contributed by atoms with Crippen molar-refractivity contribution < 1.29 is 22.3 Å². The summed E-state index contributed by atoms with van der Waals surface area (Å²) in [5.41, 5.74) is 0. The van der Waals surface area contributed by atoms with E-state index >= 15 is 0 Å². The third-order valence-electron chi connectivity index (χ3n) is 1.96. The van der Waals surface area contributed by atoms with Crippen LogP contribution in [0.2, 0.25) is 0 Å². The molecule has 0 aromatic rings. The summed E-state index contributed by atoms with van der Waals surface area (Å²) >= 11 is 0. The molecule has 1 aliphatic carbocycles. The highest BCUT2D eigenvalue weighted by molar-refractivity contribution is 4.78. The molecule has 0 spiro atoms. The molecule has 1 radical (unpaired) electrons. The molecule has 0 atom stereocenters. The van der Waals surface area contributed by atoms with Crippen molar-refractivity contribution >= 4 is 0 Å². The monoisotopic (exact) mass is 199 g/mol. The molecule has 0 heterocycles. The second-order valence-electron chi connectivity index (χ2n) is 3.05. The van der Waals surface area contributed by atoms with Crippen LogP contribution in [0.1, 0.15) is 25.7 Å². The summed E-state index contributed by atoms with van der Waals surface area (Å²) in [6.45, 7) is 0. The molecule has 1 nitrogen and oxygen atoms in total. The van der Waals surface area contributed by atoms with Crippen molar-refractivity contribution in [3.05, 3.63) is 6.42 Å². The molecule has 1 rings (SSSR count). The first-order chi connectivity index (χ1) is 6.02. The second-order valence-corrected chi connectivity index (χ2v) is 3.05. The van der Waals surface area contributed by atoms with Gasteiger partial charge in [-0.1, -0.05) is 0 Å². The van der Waals surface area contributed by atoms with Crippen LogP contribution in [0.4, 0.5) is 17.6 Å². The molecular weight excluding hydrogens is 188 g/mol. The minimum absolute atomic E-state index is 0.405. The molecule has 0 amide bonds. The van der Waals surface area contributed by atoms with Gasteiger partial charge in [0.2, 0.25) is 0 Å². The summed E-state index contributed by atoms with van der Waals surface area (Å²) < 4.78 is 52.1. The lowest BCUT2D eigenvalue weighted by Gasteiger charge is -2.26. The average Bonchev–Trinajstić information content (AvgIpc) is 2.05. The predicted molar refractivity (Wildman–Crippen MR) is 38.6 cm³/mol. The summed E-state index contributed by atoms with van der Waals surface area (Å²) in [4.78, 5) is 0. The van der Waals surface area contributed by atoms with E-state index in [1.165, 1.54) is 0 Å². The van der Waals surface area contributed by atoms with Gasteiger partial charge in [-0.25, -0.2) is 8.78 Å². The summed E-state index contributed by atoms with van der Waals surface area (Å²) in [6, 6.07) is 0. The molecule has 1 saturated carbocycles. The van der Waals surface area contributed by atoms with E-state index in [2.05, 4.69) is 4.74 Å². The molecule has 13 heavy (non-hydrogen) atoms. The van der Waals surface area contributed by atoms with Crippen LogP contribution in [-0.4, -0.2) is 18.6 Å². The standard InChI is InChI=1S/C8H11F4O/c9-7(10)8(11,12)13-6-4-2-1-3-5-6/h1,6-7H,2-5H2. The Labute approximate surface area is 74.1 Å². The maximum absolute atomic E-state index is 12.3. The molecule has 1 fully saturated rings. The molecule has 0 N–H and O–H groups in total. The van der Waals surface area contributed by atoms with E-state index in [0.29, 0.717) is 25.7 Å². The van der Waals surface area contributed by atoms with Crippen LogP contribution in [0.15, 0.2) is 0 Å². The Hall–Kier alpha value is -0.320. The summed E-state index contributed by atoms with van der Waals surface area (Å²) in [5, 5.41) is 0. The van der Waals surface area contributed by atoms with Crippen molar-refractivity contribution in [2.45, 2.75) is 44.3 Å². The fourth-order valence-corrected chi connectivity index (χ4v) is 1.29. The zero-order valence-electron chi connectivity index (χ0n) is 6.98. The zero-order chi connectivity index (χ0) is 9.90. The lowest BCUT2D eigenvalue weighted by atomic mass is 9.98. The fraction of sp³-hybridized carbons (Fsp3) is 0.875. The molecule has 0 saturated heterocycles. The maximum atomic E-state index is 12.3. The highest BCUT2D eigenvalue weighted by Gasteiger charge is 2.44. The number of alkyl halides is 4. The minimum Gasteiger partial charge on any atom is -0.313 e. The highest BCUT2D eigenvalue weighted by Crippen LogP contribution is 2.30. The molecular formula is C8H11F4O. The molecule has 1 aliphatic rings. The van der Waals surface area contributed by atoms with Crippen LogP contribution >= 0.6 is 0 Å². The molecule has 0 aromatic heterocycles. The van der Waals surface area contributed by atoms with Crippen LogP contribution in [-0.2, 0) is 4.74 Å². The largest absolute Gasteiger partial charge is 0.416 e. The Kier molecular flexibility index (Phi) is 3.53. The second kappa shape index (κ2) is 4.26. The smallest absolute Gasteiger partial charge is 0.313 e. The third-order valence-corrected chi connectivity index (χ3v) is 1.96. The molecule has 0 aliphatic heterocycles. The molecule has 0 unspecified atom stereocenters. The predicted octanol–water partition coefficient (Wildman–Crippen LogP) is 3.01. The quantitative estimate of drug-likeness (QED) is 0.635. The van der Waals surface area contributed by atoms with Crippen LogP contribution in [0.5, 0.6) is 0 Å². The zero-order valence-corrected chi connectivity index (χ0v) is 6.98. The summed E-state index contributed by atoms with van der Waals surface area (Å²) in [7, 11) is 0. The normalized spacial score (nSPS) is 21.0. The van der Waals surface area contributed by atoms with Gasteiger partial charge in [-0.2, -0.15) is 8.78 Å². The van der Waals surface area contributed by atoms with E-state index in [9.17, 15) is 17.6 Å². The topological polar surface area (TPSA) is 9.23 Å². The minimum atomic E-state index is -4.29. The highest BCUT2D eigenvalue weighted by atomic mass is 19.3. The van der Waals surface area contributed by atoms with E-state index < -0.39 is 18.6 Å². The van der Waals surface area contributed by atoms with Crippen LogP contribution in [0, 0.1) is 6.42 Å². The van der Waals surface area contributed by atoms with E-state index in [4.69, 9.17) is 0 Å². The summed E-state index contributed by atoms with van der Waals surface area (Å²) in [5.74, 6) is 0. The van der Waals surface area contributed by atoms with Gasteiger partial charge in [0.25, 0.3) is 0 Å². The van der Waals surface area contributed by atoms with E-state index in [0.717, 1.165) is 0 Å². The van der Waals surface area contributed by atoms with Gasteiger partial charge < -0.3 is 4.74 Å². The summed E-state index contributed by atoms with van der Waals surface area (Å²) in [6.07, 6.45) is -4.69. The van der Waals surface area contributed by atoms with Crippen LogP contribution in [0.25, 0.3) is 0 Å². The van der Waals surface area contributed by atoms with Crippen molar-refractivity contribution in [3.63, 3.8) is 0 Å². The average molecular weight is 199 g/mol. The number of hydrogen-bond acceptors (Lipinski definition) is 1. The maximum Gasteiger partial charge on any atom is 0.416 e. The van der Waals surface area contributed by atoms with Crippen molar-refractivity contribution in [1.29, 1.82) is 0 Å². The van der Waals surface area contributed by atoms with Gasteiger partial charge in [-0.15, -0.1) is 0 Å². The Balaban J connectivity index is 2.37. The Morgan fingerprint density at radius 3 is 2.23 bits per heavy atom. The van der Waals surface area contributed by atoms with Gasteiger partial charge in [0.15, 0.2) is 0 Å². The first-order valence-electron chi connectivity index (χ1n) is 4.18. The molecule has 5 heteroatoms. The van der Waals surface area contributed by atoms with Crippen LogP contribution in [0.3, 0.4) is 0 Å². The Morgan fingerprint density at radius 1 is 1.23 bits per heavy atom. The van der Waals surface area contributed by atoms with Crippen LogP contribution < -0.4 is 0 Å². The molecule has 77 valence electrons. The van der Waals surface area contributed by atoms with Gasteiger partial charge in [-0.3, -0.25) is 0 Å². The van der Waals surface area contributed by atoms with Gasteiger partial charge in [0, 0.05) is 0 Å². The first-order valence-corrected chi connectivity index (χ1v) is 4.18. The van der Waals surface area contributed by atoms with Gasteiger partial charge in [-0.05, 0) is 32.1 Å². The van der Waals surface area contributed by atoms with Crippen molar-refractivity contribution in [2.24, 2.45) is 0 Å². The fourth-order valence-electron chi connectivity index (χ4n) is 1.29. The number of rotatable bonds is 3. The SMILES string of the molecule is FC(F)C(F)(F)OC1CC[CH]CC1. The molecule has 0 aromatic carbocycles. The lowest BCUT2D eigenvalue weighted by molar-refractivity contribution is -0.320. The third kappa shape index (κ3) is 3.14. The number of halogens is 4. The van der Waals surface area contributed by atoms with Gasteiger partial charge in [0.1, 0.15) is 0 Å². The van der Waals surface area contributed by atoms with Gasteiger partial charge >= 0.3 is 12.5 Å². The van der Waals surface area contributed by atoms with E-state index in [-0.39, 0.29) is 0 Å². The first kappa shape index (κ1) is 10.8. The van der Waals surface area contributed by atoms with Crippen molar-refractivity contribution in [3.8, 4) is 0 Å². The Bertz CT molecular complexity index is 154. The van der Waals surface area contributed by atoms with Crippen molar-refractivity contribution in [1.82, 2.24) is 0 Å². The Morgan fingerprint density at radius 2 is 1.77 bits per heavy atom. The van der Waals surface area contributed by atoms with Crippen molar-refractivity contribution in [2.75, 3.05) is 0 Å². The van der Waals surface area contributed by atoms with E-state index in [1.807, 2.05) is 6.42 Å². The number of hydrogen-bond donors (Lipinski definition) is 0. The number of ether oxygens (including phenoxy) is 1. The lowest BCUT2D eigenvalue weighted by Crippen LogP contribution is -2.35. The molecule has 0 bridgehead atoms. The van der Waals surface area contributed by atoms with E-state index in [1.54, 1.807) is 0 Å². The van der Waals surface area contributed by atoms with Gasteiger partial charge in [0.05, 0.1) is 6.10 Å².